The van der Waals surface area contributed by atoms with Gasteiger partial charge in [0.15, 0.2) is 0 Å². The van der Waals surface area contributed by atoms with Gasteiger partial charge in [-0.1, -0.05) is 72.8 Å². The maximum atomic E-state index is 12.8. The molecule has 2 aliphatic rings. The summed E-state index contributed by atoms with van der Waals surface area (Å²) >= 11 is 0. The van der Waals surface area contributed by atoms with E-state index < -0.39 is 0 Å². The number of piperazine rings is 1. The lowest BCUT2D eigenvalue weighted by atomic mass is 10.0. The first-order valence-corrected chi connectivity index (χ1v) is 13.4. The predicted molar refractivity (Wildman–Crippen MR) is 146 cm³/mol. The van der Waals surface area contributed by atoms with E-state index in [9.17, 15) is 4.79 Å². The standard InChI is InChI=1S/C31H38N4O/c36-31(32-30-15-17-33(18-16-30)23-26-7-3-1-4-8-26)29-13-11-28(12-14-29)25-35-21-19-34(20-22-35)24-27-9-5-2-6-10-27/h1-14,30H,15-25H2,(H,32,36). The lowest BCUT2D eigenvalue weighted by Crippen LogP contribution is -2.45. The van der Waals surface area contributed by atoms with Gasteiger partial charge >= 0.3 is 0 Å². The van der Waals surface area contributed by atoms with E-state index in [1.54, 1.807) is 0 Å². The van der Waals surface area contributed by atoms with Crippen LogP contribution < -0.4 is 5.32 Å². The van der Waals surface area contributed by atoms with Crippen molar-refractivity contribution in [2.45, 2.75) is 38.5 Å². The fourth-order valence-electron chi connectivity index (χ4n) is 5.31. The second-order valence-electron chi connectivity index (χ2n) is 10.2. The summed E-state index contributed by atoms with van der Waals surface area (Å²) in [5.41, 5.74) is 4.78. The van der Waals surface area contributed by atoms with Gasteiger partial charge in [0, 0.05) is 70.5 Å². The number of rotatable bonds is 8. The molecule has 2 fully saturated rings. The van der Waals surface area contributed by atoms with Gasteiger partial charge in [0.2, 0.25) is 0 Å². The molecule has 2 aliphatic heterocycles. The van der Waals surface area contributed by atoms with Gasteiger partial charge in [-0.2, -0.15) is 0 Å². The van der Waals surface area contributed by atoms with Crippen LogP contribution in [-0.4, -0.2) is 65.9 Å². The van der Waals surface area contributed by atoms with Crippen LogP contribution in [0.2, 0.25) is 0 Å². The number of likely N-dealkylation sites (tertiary alicyclic amines) is 1. The number of hydrogen-bond acceptors (Lipinski definition) is 4. The summed E-state index contributed by atoms with van der Waals surface area (Å²) in [6, 6.07) is 29.8. The van der Waals surface area contributed by atoms with Crippen molar-refractivity contribution >= 4 is 5.91 Å². The molecule has 36 heavy (non-hydrogen) atoms. The highest BCUT2D eigenvalue weighted by atomic mass is 16.1. The molecule has 3 aromatic carbocycles. The van der Waals surface area contributed by atoms with E-state index in [4.69, 9.17) is 0 Å². The summed E-state index contributed by atoms with van der Waals surface area (Å²) in [4.78, 5) is 20.4. The molecule has 5 rings (SSSR count). The molecule has 2 heterocycles. The van der Waals surface area contributed by atoms with Gasteiger partial charge in [0.05, 0.1) is 0 Å². The molecule has 1 amide bonds. The number of nitrogens with one attached hydrogen (secondary N) is 1. The number of nitrogens with zero attached hydrogens (tertiary/aromatic N) is 3. The Kier molecular flexibility index (Phi) is 8.44. The first-order chi connectivity index (χ1) is 17.7. The van der Waals surface area contributed by atoms with Gasteiger partial charge in [-0.05, 0) is 41.7 Å². The Hall–Kier alpha value is -2.99. The Bertz CT molecular complexity index is 1070. The highest BCUT2D eigenvalue weighted by molar-refractivity contribution is 5.94. The summed E-state index contributed by atoms with van der Waals surface area (Å²) in [5, 5.41) is 3.26. The summed E-state index contributed by atoms with van der Waals surface area (Å²) in [5.74, 6) is 0.0533. The van der Waals surface area contributed by atoms with Gasteiger partial charge in [-0.25, -0.2) is 0 Å². The molecule has 188 valence electrons. The van der Waals surface area contributed by atoms with Crippen molar-refractivity contribution in [3.63, 3.8) is 0 Å². The first kappa shape index (κ1) is 24.7. The highest BCUT2D eigenvalue weighted by Gasteiger charge is 2.21. The van der Waals surface area contributed by atoms with Crippen molar-refractivity contribution in [2.24, 2.45) is 0 Å². The number of carbonyl (C=O) groups is 1. The third-order valence-corrected chi connectivity index (χ3v) is 7.51. The van der Waals surface area contributed by atoms with Crippen molar-refractivity contribution < 1.29 is 4.79 Å². The molecule has 3 aromatic rings. The highest BCUT2D eigenvalue weighted by Crippen LogP contribution is 2.16. The Balaban J connectivity index is 1.03. The number of piperidine rings is 1. The molecular formula is C31H38N4O. The van der Waals surface area contributed by atoms with Crippen LogP contribution in [0.3, 0.4) is 0 Å². The predicted octanol–water partition coefficient (Wildman–Crippen LogP) is 4.40. The Morgan fingerprint density at radius 3 is 1.47 bits per heavy atom. The smallest absolute Gasteiger partial charge is 0.251 e. The second-order valence-corrected chi connectivity index (χ2v) is 10.2. The van der Waals surface area contributed by atoms with E-state index in [0.29, 0.717) is 0 Å². The Labute approximate surface area is 215 Å². The maximum absolute atomic E-state index is 12.8. The average Bonchev–Trinajstić information content (AvgIpc) is 2.92. The maximum Gasteiger partial charge on any atom is 0.251 e. The van der Waals surface area contributed by atoms with Crippen molar-refractivity contribution in [1.29, 1.82) is 0 Å². The van der Waals surface area contributed by atoms with Crippen LogP contribution in [0.4, 0.5) is 0 Å². The van der Waals surface area contributed by atoms with Gasteiger partial charge in [-0.15, -0.1) is 0 Å². The van der Waals surface area contributed by atoms with E-state index in [1.807, 2.05) is 12.1 Å². The quantitative estimate of drug-likeness (QED) is 0.517. The van der Waals surface area contributed by atoms with Crippen molar-refractivity contribution in [2.75, 3.05) is 39.3 Å². The second kappa shape index (κ2) is 12.3. The molecule has 5 heteroatoms. The van der Waals surface area contributed by atoms with Gasteiger partial charge < -0.3 is 5.32 Å². The number of amides is 1. The van der Waals surface area contributed by atoms with E-state index in [1.165, 1.54) is 16.7 Å². The van der Waals surface area contributed by atoms with Crippen molar-refractivity contribution in [1.82, 2.24) is 20.0 Å². The zero-order valence-corrected chi connectivity index (χ0v) is 21.2. The molecule has 0 radical (unpaired) electrons. The lowest BCUT2D eigenvalue weighted by molar-refractivity contribution is 0.0909. The third-order valence-electron chi connectivity index (χ3n) is 7.51. The summed E-state index contributed by atoms with van der Waals surface area (Å²) in [6.07, 6.45) is 2.01. The van der Waals surface area contributed by atoms with Crippen LogP contribution >= 0.6 is 0 Å². The first-order valence-electron chi connectivity index (χ1n) is 13.4. The molecule has 0 unspecified atom stereocenters. The molecule has 0 spiro atoms. The van der Waals surface area contributed by atoms with Crippen LogP contribution in [0.5, 0.6) is 0 Å². The molecule has 0 aromatic heterocycles. The minimum atomic E-state index is 0.0533. The monoisotopic (exact) mass is 482 g/mol. The molecule has 0 saturated carbocycles. The molecular weight excluding hydrogens is 444 g/mol. The Morgan fingerprint density at radius 2 is 1.00 bits per heavy atom. The molecule has 0 atom stereocenters. The fourth-order valence-corrected chi connectivity index (χ4v) is 5.31. The Morgan fingerprint density at radius 1 is 0.583 bits per heavy atom. The van der Waals surface area contributed by atoms with Crippen LogP contribution in [-0.2, 0) is 19.6 Å². The van der Waals surface area contributed by atoms with Crippen molar-refractivity contribution in [3.8, 4) is 0 Å². The molecule has 2 saturated heterocycles. The molecule has 0 bridgehead atoms. The average molecular weight is 483 g/mol. The van der Waals surface area contributed by atoms with Crippen LogP contribution in [0, 0.1) is 0 Å². The topological polar surface area (TPSA) is 38.8 Å². The fraction of sp³-hybridized carbons (Fsp3) is 0.387. The minimum Gasteiger partial charge on any atom is -0.349 e. The van der Waals surface area contributed by atoms with E-state index in [0.717, 1.165) is 77.3 Å². The minimum absolute atomic E-state index is 0.0533. The zero-order chi connectivity index (χ0) is 24.6. The van der Waals surface area contributed by atoms with Gasteiger partial charge in [0.25, 0.3) is 5.91 Å². The van der Waals surface area contributed by atoms with E-state index in [-0.39, 0.29) is 11.9 Å². The third kappa shape index (κ3) is 7.03. The summed E-state index contributed by atoms with van der Waals surface area (Å²) in [6.45, 7) is 9.38. The SMILES string of the molecule is O=C(NC1CCN(Cc2ccccc2)CC1)c1ccc(CN2CCN(Cc3ccccc3)CC2)cc1. The molecule has 1 N–H and O–H groups in total. The van der Waals surface area contributed by atoms with Gasteiger partial charge in [0.1, 0.15) is 0 Å². The van der Waals surface area contributed by atoms with Crippen LogP contribution in [0.1, 0.15) is 39.9 Å². The molecule has 0 aliphatic carbocycles. The number of benzene rings is 3. The largest absolute Gasteiger partial charge is 0.349 e. The summed E-state index contributed by atoms with van der Waals surface area (Å²) in [7, 11) is 0. The van der Waals surface area contributed by atoms with Crippen molar-refractivity contribution in [3.05, 3.63) is 107 Å². The van der Waals surface area contributed by atoms with E-state index in [2.05, 4.69) is 92.8 Å². The van der Waals surface area contributed by atoms with Crippen LogP contribution in [0.15, 0.2) is 84.9 Å². The van der Waals surface area contributed by atoms with E-state index >= 15 is 0 Å². The normalized spacial score (nSPS) is 18.2. The molecule has 5 nitrogen and oxygen atoms in total. The lowest BCUT2D eigenvalue weighted by Gasteiger charge is -2.34. The number of carbonyl (C=O) groups excluding carboxylic acids is 1. The zero-order valence-electron chi connectivity index (χ0n) is 21.2. The summed E-state index contributed by atoms with van der Waals surface area (Å²) < 4.78 is 0. The number of hydrogen-bond donors (Lipinski definition) is 1. The van der Waals surface area contributed by atoms with Gasteiger partial charge in [-0.3, -0.25) is 19.5 Å². The van der Waals surface area contributed by atoms with Crippen LogP contribution in [0.25, 0.3) is 0 Å².